The van der Waals surface area contributed by atoms with Gasteiger partial charge in [-0.3, -0.25) is 4.79 Å². The molecule has 0 atom stereocenters. The zero-order valence-corrected chi connectivity index (χ0v) is 9.80. The number of rotatable bonds is 3. The summed E-state index contributed by atoms with van der Waals surface area (Å²) >= 11 is 10.7. The molecule has 0 radical (unpaired) electrons. The molecule has 1 aromatic carbocycles. The summed E-state index contributed by atoms with van der Waals surface area (Å²) in [6.07, 6.45) is -4.16. The minimum absolute atomic E-state index is 0.420. The van der Waals surface area contributed by atoms with Gasteiger partial charge in [-0.1, -0.05) is 23.2 Å². The van der Waals surface area contributed by atoms with Crippen LogP contribution in [0.1, 0.15) is 0 Å². The number of halogens is 7. The van der Waals surface area contributed by atoms with Gasteiger partial charge in [0.2, 0.25) is 0 Å². The lowest BCUT2D eigenvalue weighted by atomic mass is 10.2. The third kappa shape index (κ3) is 3.02. The minimum atomic E-state index is -4.87. The molecule has 18 heavy (non-hydrogen) atoms. The molecule has 0 saturated carbocycles. The molecule has 0 aliphatic heterocycles. The number of hydrogen-bond acceptors (Lipinski definition) is 1. The number of anilines is 1. The van der Waals surface area contributed by atoms with E-state index < -0.39 is 39.8 Å². The van der Waals surface area contributed by atoms with Crippen LogP contribution in [-0.2, 0) is 4.79 Å². The second kappa shape index (κ2) is 5.27. The largest absolute Gasteiger partial charge is 0.383 e. The van der Waals surface area contributed by atoms with Crippen molar-refractivity contribution in [3.63, 3.8) is 0 Å². The van der Waals surface area contributed by atoms with E-state index in [1.165, 1.54) is 5.32 Å². The summed E-state index contributed by atoms with van der Waals surface area (Å²) < 4.78 is 61.9. The van der Waals surface area contributed by atoms with Crippen LogP contribution in [0.2, 0.25) is 10.0 Å². The lowest BCUT2D eigenvalue weighted by Crippen LogP contribution is -2.41. The summed E-state index contributed by atoms with van der Waals surface area (Å²) in [6, 6.07) is 1.53. The van der Waals surface area contributed by atoms with Gasteiger partial charge in [0, 0.05) is 5.69 Å². The van der Waals surface area contributed by atoms with Crippen molar-refractivity contribution in [3.05, 3.63) is 28.0 Å². The molecule has 0 fully saturated rings. The molecule has 0 unspecified atom stereocenters. The maximum Gasteiger partial charge on any atom is 0.383 e. The zero-order chi connectivity index (χ0) is 14.1. The van der Waals surface area contributed by atoms with E-state index in [9.17, 15) is 26.7 Å². The van der Waals surface area contributed by atoms with Crippen LogP contribution in [0.5, 0.6) is 0 Å². The fraction of sp³-hybridized carbons (Fsp3) is 0.222. The number of carbonyl (C=O) groups excluding carboxylic acids is 1. The number of hydrogen-bond donors (Lipinski definition) is 1. The topological polar surface area (TPSA) is 29.1 Å². The van der Waals surface area contributed by atoms with Gasteiger partial charge < -0.3 is 5.32 Å². The van der Waals surface area contributed by atoms with Gasteiger partial charge in [0.05, 0.1) is 10.0 Å². The maximum atomic E-state index is 13.0. The zero-order valence-electron chi connectivity index (χ0n) is 8.29. The van der Waals surface area contributed by atoms with E-state index in [1.54, 1.807) is 0 Å². The van der Waals surface area contributed by atoms with E-state index in [2.05, 4.69) is 0 Å². The van der Waals surface area contributed by atoms with Crippen molar-refractivity contribution in [3.8, 4) is 0 Å². The summed E-state index contributed by atoms with van der Waals surface area (Å²) in [4.78, 5) is 10.9. The van der Waals surface area contributed by atoms with Crippen molar-refractivity contribution in [2.24, 2.45) is 0 Å². The van der Waals surface area contributed by atoms with Gasteiger partial charge in [0.25, 0.3) is 0 Å². The minimum Gasteiger partial charge on any atom is -0.321 e. The van der Waals surface area contributed by atoms with Crippen LogP contribution in [-0.4, -0.2) is 18.3 Å². The fourth-order valence-corrected chi connectivity index (χ4v) is 1.43. The number of carbonyl (C=O) groups is 1. The van der Waals surface area contributed by atoms with Crippen LogP contribution >= 0.6 is 23.2 Å². The Hall–Kier alpha value is -1.08. The van der Waals surface area contributed by atoms with Crippen LogP contribution in [0, 0.1) is 5.82 Å². The van der Waals surface area contributed by atoms with Gasteiger partial charge in [0.15, 0.2) is 5.82 Å². The van der Waals surface area contributed by atoms with Gasteiger partial charge in [-0.25, -0.2) is 13.2 Å². The molecule has 1 N–H and O–H groups in total. The van der Waals surface area contributed by atoms with Gasteiger partial charge in [-0.05, 0) is 12.1 Å². The first-order chi connectivity index (χ1) is 8.16. The predicted molar refractivity (Wildman–Crippen MR) is 56.0 cm³/mol. The van der Waals surface area contributed by atoms with Crippen molar-refractivity contribution in [2.75, 3.05) is 5.32 Å². The third-order valence-corrected chi connectivity index (χ3v) is 2.37. The third-order valence-electron chi connectivity index (χ3n) is 1.82. The lowest BCUT2D eigenvalue weighted by molar-refractivity contribution is -0.163. The highest BCUT2D eigenvalue weighted by Crippen LogP contribution is 2.29. The molecule has 0 heterocycles. The average Bonchev–Trinajstić information content (AvgIpc) is 2.25. The summed E-state index contributed by atoms with van der Waals surface area (Å²) in [6.45, 7) is 0. The second-order valence-corrected chi connectivity index (χ2v) is 3.95. The van der Waals surface area contributed by atoms with E-state index in [0.717, 1.165) is 12.1 Å². The van der Waals surface area contributed by atoms with E-state index in [0.29, 0.717) is 0 Å². The molecule has 9 heteroatoms. The predicted octanol–water partition coefficient (Wildman–Crippen LogP) is 3.97. The van der Waals surface area contributed by atoms with Crippen molar-refractivity contribution >= 4 is 34.8 Å². The SMILES string of the molecule is O=C(Nc1cc(Cl)c(F)c(Cl)c1)C(F)(F)C(F)F. The molecular formula is C9H4Cl2F5NO. The molecule has 0 aromatic heterocycles. The Morgan fingerprint density at radius 2 is 1.67 bits per heavy atom. The van der Waals surface area contributed by atoms with Crippen molar-refractivity contribution in [1.29, 1.82) is 0 Å². The maximum absolute atomic E-state index is 13.0. The van der Waals surface area contributed by atoms with Gasteiger partial charge in [-0.15, -0.1) is 0 Å². The number of alkyl halides is 4. The van der Waals surface area contributed by atoms with Crippen molar-refractivity contribution in [2.45, 2.75) is 12.3 Å². The quantitative estimate of drug-likeness (QED) is 0.664. The smallest absolute Gasteiger partial charge is 0.321 e. The van der Waals surface area contributed by atoms with Gasteiger partial charge in [0.1, 0.15) is 0 Å². The van der Waals surface area contributed by atoms with Crippen LogP contribution in [0.3, 0.4) is 0 Å². The lowest BCUT2D eigenvalue weighted by Gasteiger charge is -2.15. The van der Waals surface area contributed by atoms with Crippen LogP contribution in [0.25, 0.3) is 0 Å². The first-order valence-electron chi connectivity index (χ1n) is 4.28. The molecule has 0 bridgehead atoms. The first kappa shape index (κ1) is 15.0. The first-order valence-corrected chi connectivity index (χ1v) is 5.03. The van der Waals surface area contributed by atoms with Gasteiger partial charge >= 0.3 is 18.3 Å². The highest BCUT2D eigenvalue weighted by atomic mass is 35.5. The van der Waals surface area contributed by atoms with E-state index >= 15 is 0 Å². The normalized spacial score (nSPS) is 11.8. The number of benzene rings is 1. The van der Waals surface area contributed by atoms with Crippen molar-refractivity contribution in [1.82, 2.24) is 0 Å². The molecule has 0 aliphatic carbocycles. The Morgan fingerprint density at radius 3 is 2.06 bits per heavy atom. The molecule has 0 saturated heterocycles. The molecule has 1 amide bonds. The highest BCUT2D eigenvalue weighted by molar-refractivity contribution is 6.35. The number of amides is 1. The molecule has 1 aromatic rings. The molecule has 100 valence electrons. The van der Waals surface area contributed by atoms with Crippen molar-refractivity contribution < 1.29 is 26.7 Å². The van der Waals surface area contributed by atoms with Gasteiger partial charge in [-0.2, -0.15) is 8.78 Å². The summed E-state index contributed by atoms with van der Waals surface area (Å²) in [5.74, 6) is -8.12. The Balaban J connectivity index is 2.96. The average molecular weight is 308 g/mol. The summed E-state index contributed by atoms with van der Waals surface area (Å²) in [5.41, 5.74) is -0.420. The van der Waals surface area contributed by atoms with Crippen LogP contribution in [0.15, 0.2) is 12.1 Å². The standard InChI is InChI=1S/C9H4Cl2F5NO/c10-4-1-3(2-5(11)6(4)12)17-8(18)9(15,16)7(13)14/h1-2,7H,(H,17,18). The Kier molecular flexibility index (Phi) is 4.39. The molecule has 1 rings (SSSR count). The monoisotopic (exact) mass is 307 g/mol. The Bertz CT molecular complexity index is 457. The molecule has 0 spiro atoms. The summed E-state index contributed by atoms with van der Waals surface area (Å²) in [7, 11) is 0. The van der Waals surface area contributed by atoms with Crippen LogP contribution in [0.4, 0.5) is 27.6 Å². The molecular weight excluding hydrogens is 304 g/mol. The van der Waals surface area contributed by atoms with Crippen LogP contribution < -0.4 is 5.32 Å². The highest BCUT2D eigenvalue weighted by Gasteiger charge is 2.49. The van der Waals surface area contributed by atoms with E-state index in [-0.39, 0.29) is 0 Å². The van der Waals surface area contributed by atoms with E-state index in [1.807, 2.05) is 0 Å². The summed E-state index contributed by atoms with van der Waals surface area (Å²) in [5, 5.41) is 0.381. The Labute approximate surface area is 108 Å². The Morgan fingerprint density at radius 1 is 1.22 bits per heavy atom. The van der Waals surface area contributed by atoms with E-state index in [4.69, 9.17) is 23.2 Å². The number of nitrogens with one attached hydrogen (secondary N) is 1. The second-order valence-electron chi connectivity index (χ2n) is 3.13. The fourth-order valence-electron chi connectivity index (χ4n) is 0.941. The molecule has 2 nitrogen and oxygen atoms in total. The molecule has 0 aliphatic rings.